The van der Waals surface area contributed by atoms with E-state index < -0.39 is 0 Å². The summed E-state index contributed by atoms with van der Waals surface area (Å²) < 4.78 is 1.77. The van der Waals surface area contributed by atoms with Crippen molar-refractivity contribution in [3.8, 4) is 5.69 Å². The minimum Gasteiger partial charge on any atom is -0.369 e. The number of nitrogens with two attached hydrogens (primary N) is 1. The third-order valence-corrected chi connectivity index (χ3v) is 4.11. The maximum absolute atomic E-state index is 6.27. The summed E-state index contributed by atoms with van der Waals surface area (Å²) in [6.07, 6.45) is 0. The summed E-state index contributed by atoms with van der Waals surface area (Å²) in [7, 11) is 0. The third kappa shape index (κ3) is 2.12. The number of hydrogen-bond acceptors (Lipinski definition) is 2. The highest BCUT2D eigenvalue weighted by Gasteiger charge is 2.14. The molecule has 0 radical (unpaired) electrons. The van der Waals surface area contributed by atoms with Crippen LogP contribution in [0, 0.1) is 6.92 Å². The van der Waals surface area contributed by atoms with E-state index in [1.165, 1.54) is 0 Å². The topological polar surface area (TPSA) is 43.8 Å². The zero-order chi connectivity index (χ0) is 14.4. The molecule has 0 amide bonds. The van der Waals surface area contributed by atoms with Crippen molar-refractivity contribution in [1.29, 1.82) is 0 Å². The SMILES string of the molecule is Cc1ccc(Cl)c(-n2c(N)nc3cc(Cl)c(Cl)cc32)c1. The van der Waals surface area contributed by atoms with Crippen molar-refractivity contribution in [1.82, 2.24) is 9.55 Å². The Kier molecular flexibility index (Phi) is 3.28. The van der Waals surface area contributed by atoms with Gasteiger partial charge in [0, 0.05) is 0 Å². The van der Waals surface area contributed by atoms with Crippen LogP contribution in [0.5, 0.6) is 0 Å². The predicted molar refractivity (Wildman–Crippen MR) is 85.2 cm³/mol. The van der Waals surface area contributed by atoms with Crippen LogP contribution in [-0.2, 0) is 0 Å². The van der Waals surface area contributed by atoms with E-state index in [4.69, 9.17) is 40.5 Å². The van der Waals surface area contributed by atoms with Crippen molar-refractivity contribution < 1.29 is 0 Å². The lowest BCUT2D eigenvalue weighted by Gasteiger charge is -2.10. The Morgan fingerprint density at radius 2 is 1.70 bits per heavy atom. The lowest BCUT2D eigenvalue weighted by molar-refractivity contribution is 1.10. The molecule has 0 unspecified atom stereocenters. The minimum absolute atomic E-state index is 0.339. The van der Waals surface area contributed by atoms with E-state index in [0.717, 1.165) is 16.8 Å². The number of hydrogen-bond donors (Lipinski definition) is 1. The van der Waals surface area contributed by atoms with Crippen LogP contribution in [0.15, 0.2) is 30.3 Å². The third-order valence-electron chi connectivity index (χ3n) is 3.07. The van der Waals surface area contributed by atoms with Crippen LogP contribution in [0.3, 0.4) is 0 Å². The highest BCUT2D eigenvalue weighted by molar-refractivity contribution is 6.42. The number of benzene rings is 2. The normalized spacial score (nSPS) is 11.2. The number of aromatic nitrogens is 2. The van der Waals surface area contributed by atoms with Gasteiger partial charge in [-0.1, -0.05) is 40.9 Å². The molecule has 0 saturated carbocycles. The first kappa shape index (κ1) is 13.6. The number of fused-ring (bicyclic) bond motifs is 1. The summed E-state index contributed by atoms with van der Waals surface area (Å²) in [5.74, 6) is 0.339. The van der Waals surface area contributed by atoms with Crippen molar-refractivity contribution >= 4 is 51.8 Å². The maximum Gasteiger partial charge on any atom is 0.205 e. The predicted octanol–water partition coefficient (Wildman–Crippen LogP) is 4.88. The van der Waals surface area contributed by atoms with Gasteiger partial charge < -0.3 is 5.73 Å². The largest absolute Gasteiger partial charge is 0.369 e. The second-order valence-electron chi connectivity index (χ2n) is 4.52. The lowest BCUT2D eigenvalue weighted by Crippen LogP contribution is -2.01. The molecule has 102 valence electrons. The summed E-state index contributed by atoms with van der Waals surface area (Å²) in [5, 5.41) is 1.48. The van der Waals surface area contributed by atoms with E-state index in [0.29, 0.717) is 26.5 Å². The van der Waals surface area contributed by atoms with Crippen molar-refractivity contribution in [2.45, 2.75) is 6.92 Å². The molecule has 2 aromatic carbocycles. The van der Waals surface area contributed by atoms with E-state index in [2.05, 4.69) is 4.98 Å². The first-order valence-corrected chi connectivity index (χ1v) is 7.00. The molecule has 20 heavy (non-hydrogen) atoms. The Balaban J connectivity index is 2.38. The molecule has 2 N–H and O–H groups in total. The molecular weight excluding hydrogens is 317 g/mol. The monoisotopic (exact) mass is 325 g/mol. The number of rotatable bonds is 1. The lowest BCUT2D eigenvalue weighted by atomic mass is 10.2. The molecule has 0 saturated heterocycles. The standard InChI is InChI=1S/C14H10Cl3N3/c1-7-2-3-8(15)12(4-7)20-13-6-10(17)9(16)5-11(13)19-14(20)18/h2-6H,1H3,(H2,18,19). The van der Waals surface area contributed by atoms with E-state index in [1.54, 1.807) is 16.7 Å². The maximum atomic E-state index is 6.27. The molecule has 0 aliphatic carbocycles. The fourth-order valence-corrected chi connectivity index (χ4v) is 2.66. The Morgan fingerprint density at radius 1 is 1.00 bits per heavy atom. The van der Waals surface area contributed by atoms with Crippen LogP contribution >= 0.6 is 34.8 Å². The average Bonchev–Trinajstić information content (AvgIpc) is 2.69. The van der Waals surface area contributed by atoms with Crippen molar-refractivity contribution in [2.75, 3.05) is 5.73 Å². The molecule has 0 aliphatic heterocycles. The molecule has 1 heterocycles. The summed E-state index contributed by atoms with van der Waals surface area (Å²) >= 11 is 18.4. The van der Waals surface area contributed by atoms with Gasteiger partial charge in [-0.05, 0) is 36.8 Å². The van der Waals surface area contributed by atoms with Gasteiger partial charge in [0.2, 0.25) is 5.95 Å². The molecule has 0 aliphatic rings. The van der Waals surface area contributed by atoms with Crippen LogP contribution < -0.4 is 5.73 Å². The molecule has 3 rings (SSSR count). The highest BCUT2D eigenvalue weighted by Crippen LogP contribution is 2.33. The fraction of sp³-hybridized carbons (Fsp3) is 0.0714. The highest BCUT2D eigenvalue weighted by atomic mass is 35.5. The van der Waals surface area contributed by atoms with Gasteiger partial charge in [-0.3, -0.25) is 4.57 Å². The average molecular weight is 327 g/mol. The number of anilines is 1. The van der Waals surface area contributed by atoms with Gasteiger partial charge in [-0.25, -0.2) is 4.98 Å². The smallest absolute Gasteiger partial charge is 0.205 e. The van der Waals surface area contributed by atoms with Crippen LogP contribution in [0.1, 0.15) is 5.56 Å². The Hall–Kier alpha value is -1.42. The first-order valence-electron chi connectivity index (χ1n) is 5.87. The molecule has 0 fully saturated rings. The van der Waals surface area contributed by atoms with Crippen molar-refractivity contribution in [2.24, 2.45) is 0 Å². The molecule has 6 heteroatoms. The second-order valence-corrected chi connectivity index (χ2v) is 5.74. The molecular formula is C14H10Cl3N3. The Bertz CT molecular complexity index is 824. The summed E-state index contributed by atoms with van der Waals surface area (Å²) in [5.41, 5.74) is 9.30. The van der Waals surface area contributed by atoms with Crippen LogP contribution in [0.4, 0.5) is 5.95 Å². The number of halogens is 3. The summed E-state index contributed by atoms with van der Waals surface area (Å²) in [4.78, 5) is 4.30. The fourth-order valence-electron chi connectivity index (χ4n) is 2.14. The second kappa shape index (κ2) is 4.85. The summed E-state index contributed by atoms with van der Waals surface area (Å²) in [6, 6.07) is 9.14. The van der Waals surface area contributed by atoms with E-state index in [-0.39, 0.29) is 0 Å². The van der Waals surface area contributed by atoms with Gasteiger partial charge >= 0.3 is 0 Å². The van der Waals surface area contributed by atoms with Gasteiger partial charge in [0.05, 0.1) is 31.8 Å². The zero-order valence-electron chi connectivity index (χ0n) is 10.5. The Labute approximate surface area is 130 Å². The van der Waals surface area contributed by atoms with Crippen molar-refractivity contribution in [3.63, 3.8) is 0 Å². The molecule has 3 nitrogen and oxygen atoms in total. The van der Waals surface area contributed by atoms with Gasteiger partial charge in [0.15, 0.2) is 0 Å². The van der Waals surface area contributed by atoms with E-state index in [1.807, 2.05) is 25.1 Å². The minimum atomic E-state index is 0.339. The molecule has 3 aromatic rings. The quantitative estimate of drug-likeness (QED) is 0.693. The number of nitrogens with zero attached hydrogens (tertiary/aromatic N) is 2. The number of aryl methyl sites for hydroxylation is 1. The Morgan fingerprint density at radius 3 is 2.45 bits per heavy atom. The first-order chi connectivity index (χ1) is 9.47. The van der Waals surface area contributed by atoms with Gasteiger partial charge in [0.1, 0.15) is 0 Å². The zero-order valence-corrected chi connectivity index (χ0v) is 12.8. The van der Waals surface area contributed by atoms with Gasteiger partial charge in [-0.15, -0.1) is 0 Å². The molecule has 0 spiro atoms. The van der Waals surface area contributed by atoms with Crippen molar-refractivity contribution in [3.05, 3.63) is 51.0 Å². The van der Waals surface area contributed by atoms with Gasteiger partial charge in [0.25, 0.3) is 0 Å². The van der Waals surface area contributed by atoms with E-state index in [9.17, 15) is 0 Å². The molecule has 0 bridgehead atoms. The molecule has 0 atom stereocenters. The van der Waals surface area contributed by atoms with Crippen LogP contribution in [0.2, 0.25) is 15.1 Å². The van der Waals surface area contributed by atoms with Crippen LogP contribution in [0.25, 0.3) is 16.7 Å². The van der Waals surface area contributed by atoms with E-state index >= 15 is 0 Å². The van der Waals surface area contributed by atoms with Gasteiger partial charge in [-0.2, -0.15) is 0 Å². The number of imidazole rings is 1. The summed E-state index contributed by atoms with van der Waals surface area (Å²) in [6.45, 7) is 1.99. The molecule has 1 aromatic heterocycles. The van der Waals surface area contributed by atoms with Crippen LogP contribution in [-0.4, -0.2) is 9.55 Å². The number of nitrogen functional groups attached to an aromatic ring is 1.